The van der Waals surface area contributed by atoms with Gasteiger partial charge in [0.25, 0.3) is 0 Å². The molecule has 1 saturated carbocycles. The Morgan fingerprint density at radius 2 is 2.05 bits per heavy atom. The normalized spacial score (nSPS) is 21.1. The Bertz CT molecular complexity index is 939. The highest BCUT2D eigenvalue weighted by Gasteiger charge is 2.42. The first-order valence-electron chi connectivity index (χ1n) is 6.99. The quantitative estimate of drug-likeness (QED) is 0.609. The van der Waals surface area contributed by atoms with E-state index in [1.54, 1.807) is 17.0 Å². The monoisotopic (exact) mass is 276 g/mol. The van der Waals surface area contributed by atoms with Crippen LogP contribution in [0.1, 0.15) is 29.6 Å². The van der Waals surface area contributed by atoms with Crippen LogP contribution in [0.15, 0.2) is 42.9 Å². The minimum absolute atomic E-state index is 0.411. The maximum Gasteiger partial charge on any atom is 0.170 e. The number of hydrogen-bond donors (Lipinski definition) is 1. The molecular formula is C15H12N6. The maximum atomic E-state index is 4.70. The molecule has 1 N–H and O–H groups in total. The van der Waals surface area contributed by atoms with Gasteiger partial charge < -0.3 is 0 Å². The molecule has 1 aliphatic rings. The summed E-state index contributed by atoms with van der Waals surface area (Å²) in [6.07, 6.45) is 4.55. The van der Waals surface area contributed by atoms with Crippen molar-refractivity contribution in [1.29, 1.82) is 0 Å². The summed E-state index contributed by atoms with van der Waals surface area (Å²) in [6.45, 7) is 0. The van der Waals surface area contributed by atoms with Crippen molar-refractivity contribution >= 4 is 16.7 Å². The minimum atomic E-state index is 0.411. The van der Waals surface area contributed by atoms with Crippen LogP contribution < -0.4 is 0 Å². The van der Waals surface area contributed by atoms with Crippen molar-refractivity contribution in [1.82, 2.24) is 29.8 Å². The van der Waals surface area contributed by atoms with Crippen molar-refractivity contribution in [3.05, 3.63) is 54.2 Å². The van der Waals surface area contributed by atoms with E-state index >= 15 is 0 Å². The highest BCUT2D eigenvalue weighted by molar-refractivity contribution is 5.87. The smallest absolute Gasteiger partial charge is 0.170 e. The number of H-pyrrole nitrogens is 1. The molecule has 21 heavy (non-hydrogen) atoms. The molecule has 0 aliphatic heterocycles. The molecule has 5 rings (SSSR count). The van der Waals surface area contributed by atoms with Crippen molar-refractivity contribution in [3.63, 3.8) is 0 Å². The van der Waals surface area contributed by atoms with Crippen molar-refractivity contribution < 1.29 is 0 Å². The second-order valence-corrected chi connectivity index (χ2v) is 5.47. The predicted octanol–water partition coefficient (Wildman–Crippen LogP) is 2.27. The fourth-order valence-corrected chi connectivity index (χ4v) is 2.96. The lowest BCUT2D eigenvalue weighted by atomic mass is 10.1. The number of nitrogens with one attached hydrogen (secondary N) is 1. The zero-order valence-corrected chi connectivity index (χ0v) is 11.1. The molecule has 0 amide bonds. The van der Waals surface area contributed by atoms with Gasteiger partial charge >= 0.3 is 0 Å². The van der Waals surface area contributed by atoms with Gasteiger partial charge in [-0.3, -0.25) is 5.10 Å². The summed E-state index contributed by atoms with van der Waals surface area (Å²) in [5, 5.41) is 12.4. The van der Waals surface area contributed by atoms with E-state index in [-0.39, 0.29) is 0 Å². The van der Waals surface area contributed by atoms with Crippen LogP contribution in [0.5, 0.6) is 0 Å². The molecule has 102 valence electrons. The SMILES string of the molecule is c1ccc([C@H]2C[C@@H]2c2nc3c4cn[nH]c4ncn3n2)cc1. The summed E-state index contributed by atoms with van der Waals surface area (Å²) in [4.78, 5) is 8.98. The molecule has 3 aromatic heterocycles. The third-order valence-electron chi connectivity index (χ3n) is 4.15. The van der Waals surface area contributed by atoms with Crippen LogP contribution in [-0.4, -0.2) is 29.8 Å². The summed E-state index contributed by atoms with van der Waals surface area (Å²) >= 11 is 0. The molecule has 2 atom stereocenters. The zero-order chi connectivity index (χ0) is 13.8. The molecule has 0 saturated heterocycles. The molecule has 6 heteroatoms. The minimum Gasteiger partial charge on any atom is -0.261 e. The molecule has 3 heterocycles. The maximum absolute atomic E-state index is 4.70. The van der Waals surface area contributed by atoms with Gasteiger partial charge in [0.2, 0.25) is 0 Å². The van der Waals surface area contributed by atoms with Crippen molar-refractivity contribution in [2.24, 2.45) is 0 Å². The van der Waals surface area contributed by atoms with Crippen LogP contribution in [0.3, 0.4) is 0 Å². The van der Waals surface area contributed by atoms with Gasteiger partial charge in [-0.2, -0.15) is 5.10 Å². The van der Waals surface area contributed by atoms with Crippen molar-refractivity contribution in [2.75, 3.05) is 0 Å². The van der Waals surface area contributed by atoms with E-state index < -0.39 is 0 Å². The summed E-state index contributed by atoms with van der Waals surface area (Å²) in [6, 6.07) is 10.6. The number of aromatic amines is 1. The first-order chi connectivity index (χ1) is 10.4. The van der Waals surface area contributed by atoms with E-state index in [1.807, 2.05) is 6.07 Å². The summed E-state index contributed by atoms with van der Waals surface area (Å²) in [5.74, 6) is 1.85. The number of benzene rings is 1. The number of fused-ring (bicyclic) bond motifs is 3. The zero-order valence-electron chi connectivity index (χ0n) is 11.1. The van der Waals surface area contributed by atoms with Crippen LogP contribution >= 0.6 is 0 Å². The van der Waals surface area contributed by atoms with Crippen LogP contribution in [-0.2, 0) is 0 Å². The lowest BCUT2D eigenvalue weighted by Crippen LogP contribution is -1.91. The largest absolute Gasteiger partial charge is 0.261 e. The van der Waals surface area contributed by atoms with Gasteiger partial charge in [0, 0.05) is 5.92 Å². The Morgan fingerprint density at radius 1 is 1.14 bits per heavy atom. The van der Waals surface area contributed by atoms with Gasteiger partial charge in [0.15, 0.2) is 17.1 Å². The molecule has 1 fully saturated rings. The fraction of sp³-hybridized carbons (Fsp3) is 0.200. The fourth-order valence-electron chi connectivity index (χ4n) is 2.96. The summed E-state index contributed by atoms with van der Waals surface area (Å²) < 4.78 is 1.74. The summed E-state index contributed by atoms with van der Waals surface area (Å²) in [7, 11) is 0. The van der Waals surface area contributed by atoms with E-state index in [0.717, 1.165) is 28.9 Å². The van der Waals surface area contributed by atoms with Gasteiger partial charge in [-0.15, -0.1) is 5.10 Å². The van der Waals surface area contributed by atoms with Gasteiger partial charge in [-0.05, 0) is 17.9 Å². The Hall–Kier alpha value is -2.76. The Morgan fingerprint density at radius 3 is 2.95 bits per heavy atom. The standard InChI is InChI=1S/C15H12N6/c1-2-4-9(5-3-1)10-6-11(10)14-18-15-12-7-17-19-13(12)16-8-21(15)20-14/h1-5,7-8,10-11H,6H2,(H,17,19)/t10-,11+/m1/s1. The average molecular weight is 276 g/mol. The Balaban J connectivity index is 1.57. The second-order valence-electron chi connectivity index (χ2n) is 5.47. The number of hydrogen-bond acceptors (Lipinski definition) is 4. The Kier molecular flexibility index (Phi) is 2.02. The highest BCUT2D eigenvalue weighted by atomic mass is 15.3. The molecule has 0 unspecified atom stereocenters. The van der Waals surface area contributed by atoms with Crippen LogP contribution in [0.25, 0.3) is 16.7 Å². The number of rotatable bonds is 2. The van der Waals surface area contributed by atoms with Crippen LogP contribution in [0.2, 0.25) is 0 Å². The Labute approximate surface area is 119 Å². The van der Waals surface area contributed by atoms with Gasteiger partial charge in [-0.1, -0.05) is 30.3 Å². The molecular weight excluding hydrogens is 264 g/mol. The molecule has 0 spiro atoms. The van der Waals surface area contributed by atoms with E-state index in [9.17, 15) is 0 Å². The van der Waals surface area contributed by atoms with Gasteiger partial charge in [0.1, 0.15) is 6.33 Å². The third-order valence-corrected chi connectivity index (χ3v) is 4.15. The van der Waals surface area contributed by atoms with E-state index in [1.165, 1.54) is 5.56 Å². The van der Waals surface area contributed by atoms with Crippen molar-refractivity contribution in [3.8, 4) is 0 Å². The first kappa shape index (κ1) is 11.0. The van der Waals surface area contributed by atoms with Gasteiger partial charge in [-0.25, -0.2) is 14.5 Å². The van der Waals surface area contributed by atoms with Crippen molar-refractivity contribution in [2.45, 2.75) is 18.3 Å². The average Bonchev–Trinajstić information content (AvgIpc) is 2.98. The molecule has 6 nitrogen and oxygen atoms in total. The summed E-state index contributed by atoms with van der Waals surface area (Å²) in [5.41, 5.74) is 2.94. The van der Waals surface area contributed by atoms with Gasteiger partial charge in [0.05, 0.1) is 11.6 Å². The predicted molar refractivity (Wildman–Crippen MR) is 77.0 cm³/mol. The van der Waals surface area contributed by atoms with E-state index in [4.69, 9.17) is 4.98 Å². The number of nitrogens with zero attached hydrogens (tertiary/aromatic N) is 5. The van der Waals surface area contributed by atoms with E-state index in [2.05, 4.69) is 44.5 Å². The molecule has 0 radical (unpaired) electrons. The molecule has 1 aliphatic carbocycles. The van der Waals surface area contributed by atoms with Crippen LogP contribution in [0, 0.1) is 0 Å². The highest BCUT2D eigenvalue weighted by Crippen LogP contribution is 2.53. The third kappa shape index (κ3) is 1.59. The van der Waals surface area contributed by atoms with E-state index in [0.29, 0.717) is 11.8 Å². The van der Waals surface area contributed by atoms with Crippen LogP contribution in [0.4, 0.5) is 0 Å². The lowest BCUT2D eigenvalue weighted by Gasteiger charge is -1.96. The lowest BCUT2D eigenvalue weighted by molar-refractivity contribution is 0.849. The number of aromatic nitrogens is 6. The molecule has 1 aromatic carbocycles. The first-order valence-corrected chi connectivity index (χ1v) is 6.99. The topological polar surface area (TPSA) is 71.8 Å². The molecule has 0 bridgehead atoms. The molecule has 4 aromatic rings. The second kappa shape index (κ2) is 3.88.